The van der Waals surface area contributed by atoms with Crippen LogP contribution in [-0.2, 0) is 11.2 Å². The Morgan fingerprint density at radius 1 is 1.00 bits per heavy atom. The van der Waals surface area contributed by atoms with E-state index < -0.39 is 17.9 Å². The summed E-state index contributed by atoms with van der Waals surface area (Å²) in [5, 5.41) is 5.23. The number of benzene rings is 2. The van der Waals surface area contributed by atoms with Crippen molar-refractivity contribution in [1.82, 2.24) is 15.5 Å². The summed E-state index contributed by atoms with van der Waals surface area (Å²) in [4.78, 5) is 50.8. The molecule has 0 unspecified atom stereocenters. The van der Waals surface area contributed by atoms with Crippen LogP contribution in [0.2, 0.25) is 0 Å². The minimum Gasteiger partial charge on any atom is -0.355 e. The van der Waals surface area contributed by atoms with Gasteiger partial charge < -0.3 is 10.6 Å². The largest absolute Gasteiger partial charge is 0.355 e. The smallest absolute Gasteiger partial charge is 0.261 e. The number of imide groups is 1. The first-order valence-electron chi connectivity index (χ1n) is 9.55. The third kappa shape index (κ3) is 4.34. The van der Waals surface area contributed by atoms with Gasteiger partial charge in [-0.05, 0) is 44.0 Å². The van der Waals surface area contributed by atoms with Crippen LogP contribution in [-0.4, -0.2) is 47.7 Å². The number of amides is 4. The standard InChI is InChI=1S/C22H23N3O4/c1-3-23-19(26)14(2)24-20(27)16-9-10-17-18(13-16)22(29)25(21(17)28)12-11-15-7-5-4-6-8-15/h4-10,13-14H,3,11-12H2,1-2H3,(H,23,26)(H,24,27)/t14-/m1/s1. The highest BCUT2D eigenvalue weighted by Gasteiger charge is 2.35. The van der Waals surface area contributed by atoms with Gasteiger partial charge in [0.1, 0.15) is 6.04 Å². The number of nitrogens with one attached hydrogen (secondary N) is 2. The molecule has 1 heterocycles. The average molecular weight is 393 g/mol. The molecule has 7 nitrogen and oxygen atoms in total. The van der Waals surface area contributed by atoms with E-state index >= 15 is 0 Å². The maximum atomic E-state index is 12.7. The SMILES string of the molecule is CCNC(=O)[C@@H](C)NC(=O)c1ccc2c(c1)C(=O)N(CCc1ccccc1)C2=O. The fourth-order valence-electron chi connectivity index (χ4n) is 3.19. The van der Waals surface area contributed by atoms with Crippen LogP contribution in [0.4, 0.5) is 0 Å². The summed E-state index contributed by atoms with van der Waals surface area (Å²) in [5.74, 6) is -1.54. The van der Waals surface area contributed by atoms with Gasteiger partial charge in [0, 0.05) is 18.7 Å². The summed E-state index contributed by atoms with van der Waals surface area (Å²) in [5.41, 5.74) is 1.76. The van der Waals surface area contributed by atoms with Crippen LogP contribution < -0.4 is 10.6 Å². The number of hydrogen-bond acceptors (Lipinski definition) is 4. The predicted octanol–water partition coefficient (Wildman–Crippen LogP) is 1.78. The molecule has 2 aromatic rings. The Bertz CT molecular complexity index is 956. The topological polar surface area (TPSA) is 95.6 Å². The fraction of sp³-hybridized carbons (Fsp3) is 0.273. The Morgan fingerprint density at radius 2 is 1.69 bits per heavy atom. The summed E-state index contributed by atoms with van der Waals surface area (Å²) in [6.45, 7) is 4.11. The van der Waals surface area contributed by atoms with Gasteiger partial charge in [-0.2, -0.15) is 0 Å². The van der Waals surface area contributed by atoms with Crippen molar-refractivity contribution < 1.29 is 19.2 Å². The van der Waals surface area contributed by atoms with Crippen molar-refractivity contribution in [3.8, 4) is 0 Å². The molecule has 0 fully saturated rings. The minimum absolute atomic E-state index is 0.210. The van der Waals surface area contributed by atoms with Crippen LogP contribution in [0.5, 0.6) is 0 Å². The number of nitrogens with zero attached hydrogens (tertiary/aromatic N) is 1. The minimum atomic E-state index is -0.713. The number of fused-ring (bicyclic) bond motifs is 1. The highest BCUT2D eigenvalue weighted by molar-refractivity contribution is 6.22. The zero-order valence-electron chi connectivity index (χ0n) is 16.4. The molecule has 0 aliphatic carbocycles. The lowest BCUT2D eigenvalue weighted by molar-refractivity contribution is -0.122. The molecule has 0 saturated carbocycles. The van der Waals surface area contributed by atoms with E-state index in [2.05, 4.69) is 10.6 Å². The second-order valence-corrected chi connectivity index (χ2v) is 6.85. The Kier molecular flexibility index (Phi) is 6.07. The average Bonchev–Trinajstić information content (AvgIpc) is 2.97. The second kappa shape index (κ2) is 8.68. The van der Waals surface area contributed by atoms with Crippen LogP contribution in [0.15, 0.2) is 48.5 Å². The third-order valence-corrected chi connectivity index (χ3v) is 4.79. The van der Waals surface area contributed by atoms with Crippen LogP contribution in [0, 0.1) is 0 Å². The molecule has 0 aromatic heterocycles. The van der Waals surface area contributed by atoms with E-state index in [0.717, 1.165) is 5.56 Å². The van der Waals surface area contributed by atoms with Gasteiger partial charge in [0.05, 0.1) is 11.1 Å². The lowest BCUT2D eigenvalue weighted by Crippen LogP contribution is -2.44. The van der Waals surface area contributed by atoms with E-state index in [0.29, 0.717) is 13.0 Å². The molecule has 2 N–H and O–H groups in total. The van der Waals surface area contributed by atoms with E-state index in [1.165, 1.54) is 23.1 Å². The molecule has 3 rings (SSSR count). The Balaban J connectivity index is 1.71. The molecule has 0 saturated heterocycles. The Hall–Kier alpha value is -3.48. The van der Waals surface area contributed by atoms with Crippen LogP contribution in [0.3, 0.4) is 0 Å². The van der Waals surface area contributed by atoms with Crippen molar-refractivity contribution in [2.45, 2.75) is 26.3 Å². The third-order valence-electron chi connectivity index (χ3n) is 4.79. The monoisotopic (exact) mass is 393 g/mol. The first-order valence-corrected chi connectivity index (χ1v) is 9.55. The molecule has 7 heteroatoms. The van der Waals surface area contributed by atoms with Crippen molar-refractivity contribution >= 4 is 23.6 Å². The van der Waals surface area contributed by atoms with Crippen molar-refractivity contribution in [3.63, 3.8) is 0 Å². The summed E-state index contributed by atoms with van der Waals surface area (Å²) < 4.78 is 0. The molecule has 0 spiro atoms. The van der Waals surface area contributed by atoms with Crippen LogP contribution in [0.25, 0.3) is 0 Å². The first kappa shape index (κ1) is 20.3. The number of carbonyl (C=O) groups is 4. The van der Waals surface area contributed by atoms with Crippen LogP contribution >= 0.6 is 0 Å². The van der Waals surface area contributed by atoms with Crippen molar-refractivity contribution in [1.29, 1.82) is 0 Å². The number of rotatable bonds is 7. The van der Waals surface area contributed by atoms with Crippen molar-refractivity contribution in [2.24, 2.45) is 0 Å². The molecule has 1 atom stereocenters. The lowest BCUT2D eigenvalue weighted by Gasteiger charge is -2.13. The van der Waals surface area contributed by atoms with Gasteiger partial charge in [0.25, 0.3) is 17.7 Å². The summed E-state index contributed by atoms with van der Waals surface area (Å²) in [6, 6.07) is 13.3. The molecular weight excluding hydrogens is 370 g/mol. The molecule has 4 amide bonds. The molecule has 150 valence electrons. The van der Waals surface area contributed by atoms with Gasteiger partial charge in [0.2, 0.25) is 5.91 Å². The van der Waals surface area contributed by atoms with Gasteiger partial charge in [0.15, 0.2) is 0 Å². The number of carbonyl (C=O) groups excluding carboxylic acids is 4. The van der Waals surface area contributed by atoms with E-state index in [1.54, 1.807) is 13.8 Å². The van der Waals surface area contributed by atoms with E-state index in [-0.39, 0.29) is 35.0 Å². The van der Waals surface area contributed by atoms with Crippen molar-refractivity contribution in [3.05, 3.63) is 70.8 Å². The summed E-state index contributed by atoms with van der Waals surface area (Å²) in [7, 11) is 0. The van der Waals surface area contributed by atoms with E-state index in [1.807, 2.05) is 30.3 Å². The molecule has 1 aliphatic heterocycles. The summed E-state index contributed by atoms with van der Waals surface area (Å²) >= 11 is 0. The highest BCUT2D eigenvalue weighted by Crippen LogP contribution is 2.24. The molecule has 2 aromatic carbocycles. The first-order chi connectivity index (χ1) is 13.9. The van der Waals surface area contributed by atoms with Crippen molar-refractivity contribution in [2.75, 3.05) is 13.1 Å². The van der Waals surface area contributed by atoms with Gasteiger partial charge >= 0.3 is 0 Å². The molecule has 1 aliphatic rings. The quantitative estimate of drug-likeness (QED) is 0.701. The normalized spacial score (nSPS) is 13.8. The Morgan fingerprint density at radius 3 is 2.38 bits per heavy atom. The highest BCUT2D eigenvalue weighted by atomic mass is 16.2. The molecular formula is C22H23N3O4. The van der Waals surface area contributed by atoms with Gasteiger partial charge in [-0.25, -0.2) is 0 Å². The zero-order chi connectivity index (χ0) is 21.0. The maximum absolute atomic E-state index is 12.7. The predicted molar refractivity (Wildman–Crippen MR) is 108 cm³/mol. The Labute approximate surface area is 169 Å². The second-order valence-electron chi connectivity index (χ2n) is 6.85. The fourth-order valence-corrected chi connectivity index (χ4v) is 3.19. The summed E-state index contributed by atoms with van der Waals surface area (Å²) in [6.07, 6.45) is 0.559. The van der Waals surface area contributed by atoms with Crippen LogP contribution in [0.1, 0.15) is 50.5 Å². The zero-order valence-corrected chi connectivity index (χ0v) is 16.4. The lowest BCUT2D eigenvalue weighted by atomic mass is 10.1. The van der Waals surface area contributed by atoms with Gasteiger partial charge in [-0.3, -0.25) is 24.1 Å². The molecule has 0 bridgehead atoms. The van der Waals surface area contributed by atoms with E-state index in [4.69, 9.17) is 0 Å². The van der Waals surface area contributed by atoms with Gasteiger partial charge in [-0.15, -0.1) is 0 Å². The molecule has 0 radical (unpaired) electrons. The maximum Gasteiger partial charge on any atom is 0.261 e. The van der Waals surface area contributed by atoms with Gasteiger partial charge in [-0.1, -0.05) is 30.3 Å². The number of hydrogen-bond donors (Lipinski definition) is 2. The van der Waals surface area contributed by atoms with E-state index in [9.17, 15) is 19.2 Å². The number of likely N-dealkylation sites (N-methyl/N-ethyl adjacent to an activating group) is 1. The molecule has 29 heavy (non-hydrogen) atoms.